The van der Waals surface area contributed by atoms with Crippen molar-refractivity contribution in [2.24, 2.45) is 0 Å². The van der Waals surface area contributed by atoms with Crippen molar-refractivity contribution in [1.29, 1.82) is 0 Å². The van der Waals surface area contributed by atoms with Gasteiger partial charge in [0.1, 0.15) is 5.00 Å². The Morgan fingerprint density at radius 2 is 0.444 bits per heavy atom. The van der Waals surface area contributed by atoms with Crippen LogP contribution in [0.25, 0.3) is 130 Å². The van der Waals surface area contributed by atoms with Crippen LogP contribution in [0, 0.1) is 0 Å². The first kappa shape index (κ1) is 40.8. The topological polar surface area (TPSA) is 3.24 Å². The SMILES string of the molecule is c1ccc2c(c1)c1ccccc1c1cc(-c3ccc(N(c4ccc(-c5ccc6c7ccccc7c7ccccc7c6c5)cc4)c4ccc(-c5ccc6c7ccccc7c7ccccc7c6c5)s4)cc3)ccc21. The van der Waals surface area contributed by atoms with Gasteiger partial charge in [0, 0.05) is 16.3 Å². The fourth-order valence-electron chi connectivity index (χ4n) is 11.8. The Labute approximate surface area is 420 Å². The predicted molar refractivity (Wildman–Crippen MR) is 313 cm³/mol. The van der Waals surface area contributed by atoms with Crippen molar-refractivity contribution in [2.45, 2.75) is 0 Å². The molecule has 0 spiro atoms. The van der Waals surface area contributed by atoms with E-state index in [-0.39, 0.29) is 0 Å². The molecule has 14 aromatic carbocycles. The van der Waals surface area contributed by atoms with Crippen LogP contribution in [0.5, 0.6) is 0 Å². The third kappa shape index (κ3) is 6.40. The Balaban J connectivity index is 0.845. The molecule has 0 atom stereocenters. The van der Waals surface area contributed by atoms with Crippen LogP contribution < -0.4 is 4.90 Å². The molecule has 0 unspecified atom stereocenters. The minimum Gasteiger partial charge on any atom is -0.302 e. The minimum absolute atomic E-state index is 1.11. The van der Waals surface area contributed by atoms with Gasteiger partial charge in [0.15, 0.2) is 0 Å². The molecule has 334 valence electrons. The highest BCUT2D eigenvalue weighted by Crippen LogP contribution is 2.46. The van der Waals surface area contributed by atoms with Crippen molar-refractivity contribution in [3.05, 3.63) is 261 Å². The first-order valence-corrected chi connectivity index (χ1v) is 25.6. The molecule has 0 saturated carbocycles. The fraction of sp³-hybridized carbons (Fsp3) is 0. The zero-order chi connectivity index (χ0) is 47.3. The monoisotopic (exact) mass is 929 g/mol. The smallest absolute Gasteiger partial charge is 0.101 e. The molecule has 0 fully saturated rings. The number of hydrogen-bond donors (Lipinski definition) is 0. The molecule has 0 aliphatic rings. The largest absolute Gasteiger partial charge is 0.302 e. The highest BCUT2D eigenvalue weighted by atomic mass is 32.1. The number of benzene rings is 14. The summed E-state index contributed by atoms with van der Waals surface area (Å²) in [6, 6.07) is 96.8. The summed E-state index contributed by atoms with van der Waals surface area (Å²) in [5.74, 6) is 0. The van der Waals surface area contributed by atoms with E-state index in [4.69, 9.17) is 0 Å². The van der Waals surface area contributed by atoms with Crippen molar-refractivity contribution >= 4 is 125 Å². The molecule has 1 nitrogen and oxygen atoms in total. The number of fused-ring (bicyclic) bond motifs is 18. The van der Waals surface area contributed by atoms with E-state index in [0.717, 1.165) is 16.4 Å². The number of nitrogens with zero attached hydrogens (tertiary/aromatic N) is 1. The van der Waals surface area contributed by atoms with Gasteiger partial charge < -0.3 is 4.90 Å². The maximum Gasteiger partial charge on any atom is 0.101 e. The van der Waals surface area contributed by atoms with Gasteiger partial charge in [0.05, 0.1) is 0 Å². The van der Waals surface area contributed by atoms with E-state index in [9.17, 15) is 0 Å². The van der Waals surface area contributed by atoms with E-state index in [1.54, 1.807) is 0 Å². The van der Waals surface area contributed by atoms with Gasteiger partial charge in [-0.25, -0.2) is 0 Å². The highest BCUT2D eigenvalue weighted by Gasteiger charge is 2.19. The zero-order valence-electron chi connectivity index (χ0n) is 39.2. The molecule has 2 heteroatoms. The standard InChI is InChI=1S/C70H43NS/c1-4-19-57-51(13-1)54-16-7-10-22-60(54)66-41-46(29-36-63(57)66)44-25-32-49(33-26-44)71(70-40-39-69(72-70)48-31-38-65-59-21-6-3-15-53(59)56-18-9-12-24-62(56)68(65)43-48)50-34-27-45(28-35-50)47-30-37-64-58-20-5-2-14-52(58)55-17-8-11-23-61(55)67(64)42-47/h1-43H. The van der Waals surface area contributed by atoms with Crippen molar-refractivity contribution < 1.29 is 0 Å². The lowest BCUT2D eigenvalue weighted by Gasteiger charge is -2.24. The third-order valence-electron chi connectivity index (χ3n) is 15.2. The lowest BCUT2D eigenvalue weighted by Crippen LogP contribution is -2.08. The average molecular weight is 930 g/mol. The van der Waals surface area contributed by atoms with Crippen LogP contribution in [0.2, 0.25) is 0 Å². The Morgan fingerprint density at radius 3 is 0.764 bits per heavy atom. The van der Waals surface area contributed by atoms with Crippen LogP contribution in [0.3, 0.4) is 0 Å². The van der Waals surface area contributed by atoms with Crippen LogP contribution in [-0.2, 0) is 0 Å². The van der Waals surface area contributed by atoms with Gasteiger partial charge in [-0.3, -0.25) is 0 Å². The molecule has 0 N–H and O–H groups in total. The van der Waals surface area contributed by atoms with Crippen molar-refractivity contribution in [3.63, 3.8) is 0 Å². The summed E-state index contributed by atoms with van der Waals surface area (Å²) in [6.07, 6.45) is 0. The van der Waals surface area contributed by atoms with Crippen molar-refractivity contribution in [3.8, 4) is 32.7 Å². The highest BCUT2D eigenvalue weighted by molar-refractivity contribution is 7.19. The second-order valence-electron chi connectivity index (χ2n) is 19.1. The Hall–Kier alpha value is -9.08. The second kappa shape index (κ2) is 16.2. The predicted octanol–water partition coefficient (Wildman–Crippen LogP) is 20.6. The van der Waals surface area contributed by atoms with Gasteiger partial charge in [-0.2, -0.15) is 0 Å². The lowest BCUT2D eigenvalue weighted by molar-refractivity contribution is 1.32. The molecule has 15 rings (SSSR count). The van der Waals surface area contributed by atoms with Crippen LogP contribution in [0.4, 0.5) is 16.4 Å². The molecular formula is C70H43NS. The lowest BCUT2D eigenvalue weighted by atomic mass is 9.92. The molecule has 0 aliphatic carbocycles. The fourth-order valence-corrected chi connectivity index (χ4v) is 12.9. The van der Waals surface area contributed by atoms with Gasteiger partial charge in [-0.05, 0) is 179 Å². The molecule has 1 heterocycles. The molecular weight excluding hydrogens is 887 g/mol. The van der Waals surface area contributed by atoms with E-state index in [1.165, 1.54) is 130 Å². The van der Waals surface area contributed by atoms with E-state index >= 15 is 0 Å². The minimum atomic E-state index is 1.11. The van der Waals surface area contributed by atoms with Gasteiger partial charge >= 0.3 is 0 Å². The van der Waals surface area contributed by atoms with E-state index in [0.29, 0.717) is 0 Å². The summed E-state index contributed by atoms with van der Waals surface area (Å²) in [5, 5.41) is 24.3. The Bertz CT molecular complexity index is 4370. The summed E-state index contributed by atoms with van der Waals surface area (Å²) in [5.41, 5.74) is 8.22. The number of thiophene rings is 1. The van der Waals surface area contributed by atoms with Gasteiger partial charge in [-0.15, -0.1) is 11.3 Å². The zero-order valence-corrected chi connectivity index (χ0v) is 40.0. The maximum absolute atomic E-state index is 2.42. The first-order chi connectivity index (χ1) is 35.7. The Kier molecular flexibility index (Phi) is 9.20. The normalized spacial score (nSPS) is 11.9. The van der Waals surface area contributed by atoms with Crippen molar-refractivity contribution in [1.82, 2.24) is 0 Å². The van der Waals surface area contributed by atoms with Crippen molar-refractivity contribution in [2.75, 3.05) is 4.90 Å². The summed E-state index contributed by atoms with van der Waals surface area (Å²) in [6.45, 7) is 0. The van der Waals surface area contributed by atoms with Crippen LogP contribution in [0.1, 0.15) is 0 Å². The van der Waals surface area contributed by atoms with Gasteiger partial charge in [0.25, 0.3) is 0 Å². The number of hydrogen-bond acceptors (Lipinski definition) is 2. The summed E-state index contributed by atoms with van der Waals surface area (Å²) < 4.78 is 0. The molecule has 1 aromatic heterocycles. The molecule has 0 bridgehead atoms. The van der Waals surface area contributed by atoms with Gasteiger partial charge in [0.2, 0.25) is 0 Å². The summed E-state index contributed by atoms with van der Waals surface area (Å²) in [4.78, 5) is 3.65. The third-order valence-corrected chi connectivity index (χ3v) is 16.4. The molecule has 0 amide bonds. The summed E-state index contributed by atoms with van der Waals surface area (Å²) in [7, 11) is 0. The van der Waals surface area contributed by atoms with E-state index in [1.807, 2.05) is 11.3 Å². The second-order valence-corrected chi connectivity index (χ2v) is 20.2. The van der Waals surface area contributed by atoms with Crippen LogP contribution in [-0.4, -0.2) is 0 Å². The molecule has 0 saturated heterocycles. The Morgan fingerprint density at radius 1 is 0.194 bits per heavy atom. The molecule has 0 aliphatic heterocycles. The van der Waals surface area contributed by atoms with Gasteiger partial charge in [-0.1, -0.05) is 206 Å². The quantitative estimate of drug-likeness (QED) is 0.150. The molecule has 0 radical (unpaired) electrons. The first-order valence-electron chi connectivity index (χ1n) is 24.8. The van der Waals surface area contributed by atoms with E-state index < -0.39 is 0 Å². The van der Waals surface area contributed by atoms with Crippen LogP contribution >= 0.6 is 11.3 Å². The number of anilines is 3. The number of rotatable bonds is 6. The van der Waals surface area contributed by atoms with E-state index in [2.05, 4.69) is 266 Å². The maximum atomic E-state index is 2.42. The van der Waals surface area contributed by atoms with Crippen LogP contribution in [0.15, 0.2) is 261 Å². The summed E-state index contributed by atoms with van der Waals surface area (Å²) >= 11 is 1.84. The molecule has 72 heavy (non-hydrogen) atoms. The molecule has 15 aromatic rings. The average Bonchev–Trinajstić information content (AvgIpc) is 3.95.